The lowest BCUT2D eigenvalue weighted by molar-refractivity contribution is -0.159. The second-order valence-corrected chi connectivity index (χ2v) is 5.22. The Morgan fingerprint density at radius 2 is 2.00 bits per heavy atom. The van der Waals surface area contributed by atoms with E-state index in [1.165, 1.54) is 7.11 Å². The van der Waals surface area contributed by atoms with Crippen molar-refractivity contribution in [2.45, 2.75) is 57.6 Å². The Balaban J connectivity index is 2.81. The first-order valence-electron chi connectivity index (χ1n) is 6.91. The van der Waals surface area contributed by atoms with Crippen LogP contribution in [0, 0.1) is 0 Å². The first-order chi connectivity index (χ1) is 8.98. The number of hydrogen-bond donors (Lipinski definition) is 0. The van der Waals surface area contributed by atoms with Crippen LogP contribution in [0.15, 0.2) is 0 Å². The molecule has 1 saturated heterocycles. The maximum absolute atomic E-state index is 12.6. The van der Waals surface area contributed by atoms with E-state index in [-0.39, 0.29) is 24.3 Å². The minimum Gasteiger partial charge on any atom is -0.469 e. The third-order valence-electron chi connectivity index (χ3n) is 4.10. The molecule has 0 aromatic rings. The number of rotatable bonds is 5. The largest absolute Gasteiger partial charge is 0.469 e. The molecule has 0 aromatic carbocycles. The van der Waals surface area contributed by atoms with Crippen LogP contribution in [0.4, 0.5) is 0 Å². The molecule has 5 heteroatoms. The molecule has 1 aliphatic rings. The Morgan fingerprint density at radius 1 is 1.32 bits per heavy atom. The van der Waals surface area contributed by atoms with Gasteiger partial charge in [-0.15, -0.1) is 0 Å². The second kappa shape index (κ2) is 6.89. The number of esters is 1. The lowest BCUT2D eigenvalue weighted by atomic mass is 9.94. The molecular formula is C14H25NO4. The predicted octanol–water partition coefficient (Wildman–Crippen LogP) is 1.75. The van der Waals surface area contributed by atoms with Gasteiger partial charge in [0.2, 0.25) is 0 Å². The van der Waals surface area contributed by atoms with E-state index in [0.717, 1.165) is 19.3 Å². The van der Waals surface area contributed by atoms with Gasteiger partial charge in [0.1, 0.15) is 5.60 Å². The first kappa shape index (κ1) is 16.0. The van der Waals surface area contributed by atoms with Gasteiger partial charge in [0, 0.05) is 19.7 Å². The monoisotopic (exact) mass is 271 g/mol. The van der Waals surface area contributed by atoms with E-state index >= 15 is 0 Å². The molecule has 0 radical (unpaired) electrons. The van der Waals surface area contributed by atoms with E-state index in [4.69, 9.17) is 9.47 Å². The highest BCUT2D eigenvalue weighted by atomic mass is 16.5. The summed E-state index contributed by atoms with van der Waals surface area (Å²) in [6, 6.07) is -0.0604. The molecule has 0 N–H and O–H groups in total. The van der Waals surface area contributed by atoms with Crippen molar-refractivity contribution < 1.29 is 19.1 Å². The van der Waals surface area contributed by atoms with Gasteiger partial charge >= 0.3 is 5.97 Å². The number of nitrogens with zero attached hydrogens (tertiary/aromatic N) is 1. The third-order valence-corrected chi connectivity index (χ3v) is 4.10. The number of carbonyl (C=O) groups is 2. The summed E-state index contributed by atoms with van der Waals surface area (Å²) in [5.41, 5.74) is -0.800. The standard InChI is InChI=1S/C14H25NO4/c1-5-14(2,19-4)13(17)15-9-7-6-8-11(15)10-12(16)18-3/h11H,5-10H2,1-4H3. The van der Waals surface area contributed by atoms with Gasteiger partial charge in [-0.1, -0.05) is 6.92 Å². The summed E-state index contributed by atoms with van der Waals surface area (Å²) in [4.78, 5) is 25.9. The molecule has 1 fully saturated rings. The van der Waals surface area contributed by atoms with Gasteiger partial charge in [0.25, 0.3) is 5.91 Å². The molecule has 0 aromatic heterocycles. The second-order valence-electron chi connectivity index (χ2n) is 5.22. The molecule has 5 nitrogen and oxygen atoms in total. The highest BCUT2D eigenvalue weighted by Crippen LogP contribution is 2.26. The number of methoxy groups -OCH3 is 2. The first-order valence-corrected chi connectivity index (χ1v) is 6.91. The Kier molecular flexibility index (Phi) is 5.79. The Morgan fingerprint density at radius 3 is 2.53 bits per heavy atom. The molecular weight excluding hydrogens is 246 g/mol. The van der Waals surface area contributed by atoms with Crippen LogP contribution < -0.4 is 0 Å². The van der Waals surface area contributed by atoms with Crippen LogP contribution in [0.3, 0.4) is 0 Å². The molecule has 1 aliphatic heterocycles. The highest BCUT2D eigenvalue weighted by molar-refractivity contribution is 5.85. The van der Waals surface area contributed by atoms with E-state index in [1.54, 1.807) is 18.9 Å². The average Bonchev–Trinajstić information content (AvgIpc) is 2.46. The number of likely N-dealkylation sites (tertiary alicyclic amines) is 1. The van der Waals surface area contributed by atoms with Gasteiger partial charge in [0.05, 0.1) is 13.5 Å². The smallest absolute Gasteiger partial charge is 0.307 e. The number of piperidine rings is 1. The Labute approximate surface area is 115 Å². The summed E-state index contributed by atoms with van der Waals surface area (Å²) < 4.78 is 10.1. The summed E-state index contributed by atoms with van der Waals surface area (Å²) in [5, 5.41) is 0. The van der Waals surface area contributed by atoms with Gasteiger partial charge in [-0.2, -0.15) is 0 Å². The maximum Gasteiger partial charge on any atom is 0.307 e. The lowest BCUT2D eigenvalue weighted by Crippen LogP contribution is -2.54. The summed E-state index contributed by atoms with van der Waals surface area (Å²) in [6.07, 6.45) is 3.76. The fourth-order valence-corrected chi connectivity index (χ4v) is 2.44. The van der Waals surface area contributed by atoms with Crippen LogP contribution in [-0.4, -0.2) is 49.2 Å². The molecule has 0 aliphatic carbocycles. The van der Waals surface area contributed by atoms with Crippen molar-refractivity contribution in [3.05, 3.63) is 0 Å². The summed E-state index contributed by atoms with van der Waals surface area (Å²) in [7, 11) is 2.93. The quantitative estimate of drug-likeness (QED) is 0.715. The van der Waals surface area contributed by atoms with Crippen LogP contribution in [0.1, 0.15) is 46.0 Å². The summed E-state index contributed by atoms with van der Waals surface area (Å²) >= 11 is 0. The number of carbonyl (C=O) groups excluding carboxylic acids is 2. The van der Waals surface area contributed by atoms with Crippen molar-refractivity contribution in [1.82, 2.24) is 4.90 Å². The zero-order chi connectivity index (χ0) is 14.5. The van der Waals surface area contributed by atoms with E-state index in [0.29, 0.717) is 13.0 Å². The van der Waals surface area contributed by atoms with Crippen LogP contribution in [0.5, 0.6) is 0 Å². The summed E-state index contributed by atoms with van der Waals surface area (Å²) in [5.74, 6) is -0.286. The normalized spacial score (nSPS) is 22.7. The molecule has 0 spiro atoms. The SMILES string of the molecule is CCC(C)(OC)C(=O)N1CCCCC1CC(=O)OC. The average molecular weight is 271 g/mol. The molecule has 1 rings (SSSR count). The highest BCUT2D eigenvalue weighted by Gasteiger charge is 2.39. The van der Waals surface area contributed by atoms with Crippen LogP contribution in [0.2, 0.25) is 0 Å². The van der Waals surface area contributed by atoms with Crippen molar-refractivity contribution in [1.29, 1.82) is 0 Å². The van der Waals surface area contributed by atoms with Crippen molar-refractivity contribution in [2.24, 2.45) is 0 Å². The number of hydrogen-bond acceptors (Lipinski definition) is 4. The van der Waals surface area contributed by atoms with Crippen LogP contribution >= 0.6 is 0 Å². The Hall–Kier alpha value is -1.10. The fourth-order valence-electron chi connectivity index (χ4n) is 2.44. The molecule has 110 valence electrons. The number of ether oxygens (including phenoxy) is 2. The predicted molar refractivity (Wildman–Crippen MR) is 71.7 cm³/mol. The lowest BCUT2D eigenvalue weighted by Gasteiger charge is -2.40. The molecule has 1 heterocycles. The van der Waals surface area contributed by atoms with Gasteiger partial charge in [-0.25, -0.2) is 0 Å². The fraction of sp³-hybridized carbons (Fsp3) is 0.857. The third kappa shape index (κ3) is 3.69. The molecule has 2 unspecified atom stereocenters. The molecule has 1 amide bonds. The Bertz CT molecular complexity index is 325. The zero-order valence-corrected chi connectivity index (χ0v) is 12.4. The molecule has 2 atom stereocenters. The topological polar surface area (TPSA) is 55.8 Å². The van der Waals surface area contributed by atoms with Crippen LogP contribution in [0.25, 0.3) is 0 Å². The number of amides is 1. The zero-order valence-electron chi connectivity index (χ0n) is 12.4. The molecule has 19 heavy (non-hydrogen) atoms. The van der Waals surface area contributed by atoms with Gasteiger partial charge in [-0.05, 0) is 32.6 Å². The van der Waals surface area contributed by atoms with Gasteiger partial charge in [0.15, 0.2) is 0 Å². The van der Waals surface area contributed by atoms with Crippen molar-refractivity contribution in [3.63, 3.8) is 0 Å². The van der Waals surface area contributed by atoms with Crippen molar-refractivity contribution in [2.75, 3.05) is 20.8 Å². The minimum absolute atomic E-state index is 0.0221. The van der Waals surface area contributed by atoms with Gasteiger partial charge in [-0.3, -0.25) is 9.59 Å². The molecule has 0 saturated carbocycles. The van der Waals surface area contributed by atoms with Crippen molar-refractivity contribution in [3.8, 4) is 0 Å². The van der Waals surface area contributed by atoms with E-state index in [2.05, 4.69) is 0 Å². The summed E-state index contributed by atoms with van der Waals surface area (Å²) in [6.45, 7) is 4.43. The molecule has 0 bridgehead atoms. The van der Waals surface area contributed by atoms with Gasteiger partial charge < -0.3 is 14.4 Å². The van der Waals surface area contributed by atoms with E-state index in [1.807, 2.05) is 6.92 Å². The minimum atomic E-state index is -0.800. The van der Waals surface area contributed by atoms with E-state index < -0.39 is 5.60 Å². The van der Waals surface area contributed by atoms with Crippen molar-refractivity contribution >= 4 is 11.9 Å². The maximum atomic E-state index is 12.6. The van der Waals surface area contributed by atoms with Crippen LogP contribution in [-0.2, 0) is 19.1 Å². The van der Waals surface area contributed by atoms with E-state index in [9.17, 15) is 9.59 Å².